The third kappa shape index (κ3) is 5.79. The molecule has 0 aromatic rings. The molecule has 0 fully saturated rings. The molecule has 0 N–H and O–H groups in total. The van der Waals surface area contributed by atoms with Crippen molar-refractivity contribution in [1.29, 1.82) is 0 Å². The van der Waals surface area contributed by atoms with Gasteiger partial charge in [-0.15, -0.1) is 34.8 Å². The Balaban J connectivity index is 4.21. The van der Waals surface area contributed by atoms with E-state index in [1.54, 1.807) is 11.3 Å². The van der Waals surface area contributed by atoms with Gasteiger partial charge in [-0.25, -0.2) is 4.67 Å². The van der Waals surface area contributed by atoms with Crippen LogP contribution in [0.15, 0.2) is 0 Å². The van der Waals surface area contributed by atoms with Gasteiger partial charge in [-0.1, -0.05) is 0 Å². The van der Waals surface area contributed by atoms with Gasteiger partial charge in [-0.2, -0.15) is 0 Å². The minimum absolute atomic E-state index is 0.274. The molecule has 0 bridgehead atoms. The molecule has 0 aromatic heterocycles. The molecular weight excluding hydrogens is 267 g/mol. The van der Waals surface area contributed by atoms with Gasteiger partial charge in [0, 0.05) is 37.4 Å². The molecule has 0 aromatic carbocycles. The smallest absolute Gasteiger partial charge is 0.269 e. The quantitative estimate of drug-likeness (QED) is 0.506. The topological polar surface area (TPSA) is 29.5 Å². The minimum atomic E-state index is -2.77. The molecule has 0 saturated heterocycles. The molecule has 0 amide bonds. The molecule has 0 aliphatic heterocycles. The van der Waals surface area contributed by atoms with E-state index < -0.39 is 7.52 Å². The average Bonchev–Trinajstić information content (AvgIpc) is 2.14. The van der Waals surface area contributed by atoms with Crippen LogP contribution in [-0.2, 0) is 9.09 Å². The lowest BCUT2D eigenvalue weighted by molar-refractivity contribution is 0.285. The Kier molecular flexibility index (Phi) is 8.80. The van der Waals surface area contributed by atoms with E-state index in [9.17, 15) is 4.57 Å². The molecule has 0 spiro atoms. The second-order valence-electron chi connectivity index (χ2n) is 2.66. The molecule has 14 heavy (non-hydrogen) atoms. The Bertz CT molecular complexity index is 188. The molecule has 7 heteroatoms. The first kappa shape index (κ1) is 15.0. The SMILES string of the molecule is C[P@@](=O)(OCCCl)N(CCCl)CCCl. The summed E-state index contributed by atoms with van der Waals surface area (Å²) in [5.41, 5.74) is 0. The monoisotopic (exact) mass is 281 g/mol. The van der Waals surface area contributed by atoms with E-state index >= 15 is 0 Å². The fourth-order valence-corrected chi connectivity index (χ4v) is 3.30. The first-order valence-corrected chi connectivity index (χ1v) is 7.86. The van der Waals surface area contributed by atoms with E-state index in [4.69, 9.17) is 39.3 Å². The first-order chi connectivity index (χ1) is 6.58. The molecule has 86 valence electrons. The van der Waals surface area contributed by atoms with Crippen LogP contribution in [0.4, 0.5) is 0 Å². The molecule has 0 radical (unpaired) electrons. The summed E-state index contributed by atoms with van der Waals surface area (Å²) >= 11 is 16.6. The zero-order valence-electron chi connectivity index (χ0n) is 8.09. The van der Waals surface area contributed by atoms with Crippen molar-refractivity contribution in [2.75, 3.05) is 44.0 Å². The lowest BCUT2D eigenvalue weighted by atomic mass is 10.6. The van der Waals surface area contributed by atoms with Crippen LogP contribution in [0.1, 0.15) is 0 Å². The molecule has 1 atom stereocenters. The Labute approximate surface area is 100 Å². The number of alkyl halides is 3. The second-order valence-corrected chi connectivity index (χ2v) is 6.22. The van der Waals surface area contributed by atoms with Gasteiger partial charge in [0.05, 0.1) is 6.61 Å². The Morgan fingerprint density at radius 2 is 1.64 bits per heavy atom. The van der Waals surface area contributed by atoms with Crippen molar-refractivity contribution in [1.82, 2.24) is 4.67 Å². The van der Waals surface area contributed by atoms with Crippen LogP contribution >= 0.6 is 42.3 Å². The van der Waals surface area contributed by atoms with Gasteiger partial charge in [-0.3, -0.25) is 4.57 Å². The third-order valence-corrected chi connectivity index (χ3v) is 4.19. The van der Waals surface area contributed by atoms with Gasteiger partial charge < -0.3 is 4.52 Å². The van der Waals surface area contributed by atoms with Crippen molar-refractivity contribution in [3.05, 3.63) is 0 Å². The third-order valence-electron chi connectivity index (χ3n) is 1.61. The Morgan fingerprint density at radius 3 is 2.00 bits per heavy atom. The normalized spacial score (nSPS) is 15.8. The summed E-state index contributed by atoms with van der Waals surface area (Å²) in [6.07, 6.45) is 0. The van der Waals surface area contributed by atoms with Crippen molar-refractivity contribution in [2.45, 2.75) is 0 Å². The summed E-state index contributed by atoms with van der Waals surface area (Å²) < 4.78 is 18.8. The Morgan fingerprint density at radius 1 is 1.14 bits per heavy atom. The zero-order chi connectivity index (χ0) is 11.0. The molecule has 0 aliphatic rings. The van der Waals surface area contributed by atoms with E-state index in [2.05, 4.69) is 0 Å². The van der Waals surface area contributed by atoms with Gasteiger partial charge in [-0.05, 0) is 0 Å². The highest BCUT2D eigenvalue weighted by molar-refractivity contribution is 7.55. The molecule has 0 saturated carbocycles. The van der Waals surface area contributed by atoms with Crippen molar-refractivity contribution in [2.24, 2.45) is 0 Å². The summed E-state index contributed by atoms with van der Waals surface area (Å²) in [7, 11) is -2.77. The van der Waals surface area contributed by atoms with E-state index in [0.717, 1.165) is 0 Å². The van der Waals surface area contributed by atoms with Crippen molar-refractivity contribution in [3.8, 4) is 0 Å². The van der Waals surface area contributed by atoms with Crippen LogP contribution in [0, 0.1) is 0 Å². The highest BCUT2D eigenvalue weighted by Crippen LogP contribution is 2.46. The summed E-state index contributed by atoms with van der Waals surface area (Å²) in [6, 6.07) is 0. The predicted octanol–water partition coefficient (Wildman–Crippen LogP) is 2.84. The predicted molar refractivity (Wildman–Crippen MR) is 63.2 cm³/mol. The first-order valence-electron chi connectivity index (χ1n) is 4.24. The average molecular weight is 283 g/mol. The maximum atomic E-state index is 12.0. The lowest BCUT2D eigenvalue weighted by Crippen LogP contribution is -2.26. The fourth-order valence-electron chi connectivity index (χ4n) is 0.956. The van der Waals surface area contributed by atoms with E-state index in [1.165, 1.54) is 0 Å². The fraction of sp³-hybridized carbons (Fsp3) is 1.00. The van der Waals surface area contributed by atoms with Gasteiger partial charge in [0.1, 0.15) is 0 Å². The van der Waals surface area contributed by atoms with E-state index in [1.807, 2.05) is 0 Å². The second kappa shape index (κ2) is 8.20. The number of nitrogens with zero attached hydrogens (tertiary/aromatic N) is 1. The summed E-state index contributed by atoms with van der Waals surface area (Å²) in [4.78, 5) is 0. The molecular formula is C7H15Cl3NO2P. The molecule has 0 unspecified atom stereocenters. The maximum absolute atomic E-state index is 12.0. The van der Waals surface area contributed by atoms with E-state index in [-0.39, 0.29) is 6.61 Å². The highest BCUT2D eigenvalue weighted by atomic mass is 35.5. The lowest BCUT2D eigenvalue weighted by Gasteiger charge is -2.26. The number of hydrogen-bond donors (Lipinski definition) is 0. The number of rotatable bonds is 8. The summed E-state index contributed by atoms with van der Waals surface area (Å²) in [6.45, 7) is 2.84. The van der Waals surface area contributed by atoms with Crippen LogP contribution in [0.3, 0.4) is 0 Å². The van der Waals surface area contributed by atoms with Crippen molar-refractivity contribution in [3.63, 3.8) is 0 Å². The standard InChI is InChI=1S/C7H15Cl3NO2P/c1-14(12,13-7-4-10)11(5-2-8)6-3-9/h2-7H2,1H3/t14-/m1/s1. The van der Waals surface area contributed by atoms with E-state index in [0.29, 0.717) is 30.7 Å². The molecule has 0 heterocycles. The van der Waals surface area contributed by atoms with Crippen LogP contribution in [0.25, 0.3) is 0 Å². The molecule has 0 aliphatic carbocycles. The minimum Gasteiger partial charge on any atom is -0.316 e. The van der Waals surface area contributed by atoms with Gasteiger partial charge in [0.15, 0.2) is 0 Å². The van der Waals surface area contributed by atoms with Crippen LogP contribution in [-0.4, -0.2) is 48.7 Å². The maximum Gasteiger partial charge on any atom is 0.269 e. The van der Waals surface area contributed by atoms with Gasteiger partial charge in [0.2, 0.25) is 0 Å². The zero-order valence-corrected chi connectivity index (χ0v) is 11.2. The highest BCUT2D eigenvalue weighted by Gasteiger charge is 2.24. The van der Waals surface area contributed by atoms with Gasteiger partial charge in [0.25, 0.3) is 7.52 Å². The van der Waals surface area contributed by atoms with Gasteiger partial charge >= 0.3 is 0 Å². The summed E-state index contributed by atoms with van der Waals surface area (Å²) in [5, 5.41) is 0. The van der Waals surface area contributed by atoms with Crippen molar-refractivity contribution < 1.29 is 9.09 Å². The number of halogens is 3. The van der Waals surface area contributed by atoms with Crippen LogP contribution in [0.2, 0.25) is 0 Å². The largest absolute Gasteiger partial charge is 0.316 e. The molecule has 3 nitrogen and oxygen atoms in total. The van der Waals surface area contributed by atoms with Crippen molar-refractivity contribution >= 4 is 42.3 Å². The van der Waals surface area contributed by atoms with Crippen LogP contribution in [0.5, 0.6) is 0 Å². The number of hydrogen-bond acceptors (Lipinski definition) is 2. The van der Waals surface area contributed by atoms with Crippen LogP contribution < -0.4 is 0 Å². The Hall–Kier alpha value is 1.02. The molecule has 0 rings (SSSR count). The summed E-state index contributed by atoms with van der Waals surface area (Å²) in [5.74, 6) is 1.13.